The molecule has 0 radical (unpaired) electrons. The number of carbonyl (C=O) groups is 2. The minimum absolute atomic E-state index is 0.0837. The average Bonchev–Trinajstić information content (AvgIpc) is 2.69. The van der Waals surface area contributed by atoms with E-state index in [1.54, 1.807) is 34.5 Å². The van der Waals surface area contributed by atoms with Crippen LogP contribution in [-0.4, -0.2) is 36.3 Å². The summed E-state index contributed by atoms with van der Waals surface area (Å²) >= 11 is 0. The van der Waals surface area contributed by atoms with Crippen LogP contribution in [0.2, 0.25) is 0 Å². The smallest absolute Gasteiger partial charge is 0.279 e. The van der Waals surface area contributed by atoms with Crippen molar-refractivity contribution >= 4 is 17.5 Å². The van der Waals surface area contributed by atoms with E-state index >= 15 is 0 Å². The summed E-state index contributed by atoms with van der Waals surface area (Å²) in [5.74, 6) is -2.13. The standard InChI is InChI=1S/C21H25F2N3O2/c1-4-26(5-2)21(28)16-7-6-8-17(11-16)25-20(27)13-24-14(3)15-9-10-18(22)19(23)12-15/h6-12,14,24H,4-5,13H2,1-3H3,(H,25,27)/p+1/t14-/m0/s1. The van der Waals surface area contributed by atoms with E-state index in [-0.39, 0.29) is 24.4 Å². The Hall–Kier alpha value is -2.80. The second kappa shape index (κ2) is 9.94. The molecule has 2 amide bonds. The first-order valence-corrected chi connectivity index (χ1v) is 9.33. The molecule has 0 heterocycles. The van der Waals surface area contributed by atoms with Gasteiger partial charge >= 0.3 is 0 Å². The lowest BCUT2D eigenvalue weighted by Crippen LogP contribution is -2.86. The third-order valence-corrected chi connectivity index (χ3v) is 4.57. The summed E-state index contributed by atoms with van der Waals surface area (Å²) in [5, 5.41) is 4.49. The summed E-state index contributed by atoms with van der Waals surface area (Å²) in [6.45, 7) is 6.97. The second-order valence-electron chi connectivity index (χ2n) is 6.51. The summed E-state index contributed by atoms with van der Waals surface area (Å²) in [7, 11) is 0. The summed E-state index contributed by atoms with van der Waals surface area (Å²) in [6.07, 6.45) is 0. The van der Waals surface area contributed by atoms with Gasteiger partial charge in [-0.15, -0.1) is 0 Å². The van der Waals surface area contributed by atoms with E-state index in [1.165, 1.54) is 6.07 Å². The number of halogens is 2. The molecule has 0 saturated heterocycles. The van der Waals surface area contributed by atoms with Crippen molar-refractivity contribution in [3.8, 4) is 0 Å². The predicted octanol–water partition coefficient (Wildman–Crippen LogP) is 2.71. The Morgan fingerprint density at radius 2 is 1.79 bits per heavy atom. The summed E-state index contributed by atoms with van der Waals surface area (Å²) in [4.78, 5) is 26.3. The molecule has 2 aromatic rings. The van der Waals surface area contributed by atoms with Gasteiger partial charge in [0.15, 0.2) is 18.2 Å². The highest BCUT2D eigenvalue weighted by Gasteiger charge is 2.15. The molecule has 1 atom stereocenters. The van der Waals surface area contributed by atoms with Crippen LogP contribution in [0, 0.1) is 11.6 Å². The van der Waals surface area contributed by atoms with E-state index in [9.17, 15) is 18.4 Å². The number of hydrogen-bond donors (Lipinski definition) is 2. The normalized spacial score (nSPS) is 11.8. The molecule has 0 aliphatic rings. The highest BCUT2D eigenvalue weighted by Crippen LogP contribution is 2.14. The minimum Gasteiger partial charge on any atom is -0.339 e. The van der Waals surface area contributed by atoms with Crippen LogP contribution in [0.3, 0.4) is 0 Å². The molecule has 0 bridgehead atoms. The van der Waals surface area contributed by atoms with Crippen LogP contribution in [0.5, 0.6) is 0 Å². The number of nitrogens with one attached hydrogen (secondary N) is 1. The van der Waals surface area contributed by atoms with Crippen molar-refractivity contribution < 1.29 is 23.7 Å². The molecule has 0 fully saturated rings. The quantitative estimate of drug-likeness (QED) is 0.728. The van der Waals surface area contributed by atoms with Crippen LogP contribution in [0.4, 0.5) is 14.5 Å². The zero-order valence-corrected chi connectivity index (χ0v) is 16.3. The fraction of sp³-hybridized carbons (Fsp3) is 0.333. The van der Waals surface area contributed by atoms with Crippen molar-refractivity contribution in [2.45, 2.75) is 26.8 Å². The highest BCUT2D eigenvalue weighted by molar-refractivity contribution is 5.97. The van der Waals surface area contributed by atoms with Gasteiger partial charge in [-0.1, -0.05) is 6.07 Å². The number of amides is 2. The molecule has 150 valence electrons. The molecule has 2 rings (SSSR count). The first-order chi connectivity index (χ1) is 13.3. The first kappa shape index (κ1) is 21.5. The first-order valence-electron chi connectivity index (χ1n) is 9.33. The van der Waals surface area contributed by atoms with E-state index in [1.807, 2.05) is 20.8 Å². The van der Waals surface area contributed by atoms with Gasteiger partial charge in [0.25, 0.3) is 11.8 Å². The van der Waals surface area contributed by atoms with Gasteiger partial charge in [0.1, 0.15) is 6.04 Å². The Kier molecular flexibility index (Phi) is 7.63. The van der Waals surface area contributed by atoms with Gasteiger partial charge in [-0.2, -0.15) is 0 Å². The minimum atomic E-state index is -0.906. The van der Waals surface area contributed by atoms with E-state index in [2.05, 4.69) is 5.32 Å². The average molecular weight is 390 g/mol. The lowest BCUT2D eigenvalue weighted by molar-refractivity contribution is -0.682. The van der Waals surface area contributed by atoms with E-state index in [0.29, 0.717) is 29.9 Å². The van der Waals surface area contributed by atoms with Crippen molar-refractivity contribution in [1.82, 2.24) is 4.90 Å². The van der Waals surface area contributed by atoms with Crippen molar-refractivity contribution in [3.63, 3.8) is 0 Å². The molecule has 0 aromatic heterocycles. The topological polar surface area (TPSA) is 66.0 Å². The zero-order valence-electron chi connectivity index (χ0n) is 16.3. The van der Waals surface area contributed by atoms with Crippen molar-refractivity contribution in [1.29, 1.82) is 0 Å². The third kappa shape index (κ3) is 5.60. The maximum atomic E-state index is 13.3. The number of rotatable bonds is 8. The predicted molar refractivity (Wildman–Crippen MR) is 104 cm³/mol. The number of hydrogen-bond acceptors (Lipinski definition) is 2. The molecule has 7 heteroatoms. The molecule has 0 aliphatic carbocycles. The lowest BCUT2D eigenvalue weighted by Gasteiger charge is -2.19. The van der Waals surface area contributed by atoms with Crippen LogP contribution in [0.15, 0.2) is 42.5 Å². The second-order valence-corrected chi connectivity index (χ2v) is 6.51. The fourth-order valence-electron chi connectivity index (χ4n) is 2.85. The molecule has 2 aromatic carbocycles. The van der Waals surface area contributed by atoms with Gasteiger partial charge in [-0.05, 0) is 57.2 Å². The number of anilines is 1. The molecule has 5 nitrogen and oxygen atoms in total. The number of carbonyl (C=O) groups excluding carboxylic acids is 2. The Morgan fingerprint density at radius 1 is 1.07 bits per heavy atom. The van der Waals surface area contributed by atoms with Crippen LogP contribution >= 0.6 is 0 Å². The molecule has 0 aliphatic heterocycles. The number of nitrogens with zero attached hydrogens (tertiary/aromatic N) is 1. The van der Waals surface area contributed by atoms with E-state index < -0.39 is 11.6 Å². The van der Waals surface area contributed by atoms with Gasteiger partial charge in [-0.3, -0.25) is 9.59 Å². The highest BCUT2D eigenvalue weighted by atomic mass is 19.2. The van der Waals surface area contributed by atoms with Crippen molar-refractivity contribution in [3.05, 3.63) is 65.2 Å². The fourth-order valence-corrected chi connectivity index (χ4v) is 2.85. The van der Waals surface area contributed by atoms with Gasteiger partial charge in [-0.25, -0.2) is 8.78 Å². The van der Waals surface area contributed by atoms with Gasteiger partial charge in [0.05, 0.1) is 0 Å². The molecule has 28 heavy (non-hydrogen) atoms. The molecular formula is C21H26F2N3O2+. The van der Waals surface area contributed by atoms with Gasteiger partial charge in [0.2, 0.25) is 0 Å². The van der Waals surface area contributed by atoms with Crippen LogP contribution in [0.25, 0.3) is 0 Å². The molecule has 3 N–H and O–H groups in total. The SMILES string of the molecule is CCN(CC)C(=O)c1cccc(NC(=O)C[NH2+][C@@H](C)c2ccc(F)c(F)c2)c1. The van der Waals surface area contributed by atoms with Crippen LogP contribution in [0.1, 0.15) is 42.7 Å². The Labute approximate surface area is 163 Å². The largest absolute Gasteiger partial charge is 0.339 e. The van der Waals surface area contributed by atoms with Gasteiger partial charge < -0.3 is 15.5 Å². The Morgan fingerprint density at radius 3 is 2.43 bits per heavy atom. The number of benzene rings is 2. The van der Waals surface area contributed by atoms with Crippen LogP contribution < -0.4 is 10.6 Å². The summed E-state index contributed by atoms with van der Waals surface area (Å²) in [5.41, 5.74) is 1.65. The van der Waals surface area contributed by atoms with E-state index in [0.717, 1.165) is 12.1 Å². The van der Waals surface area contributed by atoms with E-state index in [4.69, 9.17) is 0 Å². The molecule has 0 spiro atoms. The molecular weight excluding hydrogens is 364 g/mol. The van der Waals surface area contributed by atoms with Crippen molar-refractivity contribution in [2.75, 3.05) is 25.0 Å². The maximum Gasteiger partial charge on any atom is 0.279 e. The molecule has 0 saturated carbocycles. The zero-order chi connectivity index (χ0) is 20.7. The number of quaternary nitrogens is 1. The summed E-state index contributed by atoms with van der Waals surface area (Å²) < 4.78 is 26.4. The maximum absolute atomic E-state index is 13.3. The van der Waals surface area contributed by atoms with Gasteiger partial charge in [0, 0.05) is 29.9 Å². The van der Waals surface area contributed by atoms with Crippen LogP contribution in [-0.2, 0) is 4.79 Å². The Bertz CT molecular complexity index is 838. The third-order valence-electron chi connectivity index (χ3n) is 4.57. The van der Waals surface area contributed by atoms with Crippen molar-refractivity contribution in [2.24, 2.45) is 0 Å². The lowest BCUT2D eigenvalue weighted by atomic mass is 10.1. The Balaban J connectivity index is 1.95. The number of nitrogens with two attached hydrogens (primary N) is 1. The summed E-state index contributed by atoms with van der Waals surface area (Å²) in [6, 6.07) is 10.3. The monoisotopic (exact) mass is 390 g/mol. The molecule has 0 unspecified atom stereocenters.